The summed E-state index contributed by atoms with van der Waals surface area (Å²) in [6.07, 6.45) is 3.56. The molecule has 0 fully saturated rings. The molecule has 1 aliphatic rings. The second-order valence-corrected chi connectivity index (χ2v) is 7.05. The second-order valence-electron chi connectivity index (χ2n) is 7.05. The van der Waals surface area contributed by atoms with E-state index in [-0.39, 0.29) is 31.1 Å². The van der Waals surface area contributed by atoms with Gasteiger partial charge >= 0.3 is 11.8 Å². The van der Waals surface area contributed by atoms with Crippen molar-refractivity contribution in [3.05, 3.63) is 92.5 Å². The van der Waals surface area contributed by atoms with Crippen LogP contribution in [-0.2, 0) is 38.0 Å². The quantitative estimate of drug-likeness (QED) is 0.673. The number of carbonyl (C=O) groups excluding carboxylic acids is 1. The third-order valence-electron chi connectivity index (χ3n) is 5.19. The van der Waals surface area contributed by atoms with Gasteiger partial charge in [-0.3, -0.25) is 9.36 Å². The lowest BCUT2D eigenvalue weighted by molar-refractivity contribution is 0.0712. The molecule has 0 bridgehead atoms. The van der Waals surface area contributed by atoms with Gasteiger partial charge < -0.3 is 18.8 Å². The van der Waals surface area contributed by atoms with Gasteiger partial charge in [0.15, 0.2) is 6.73 Å². The summed E-state index contributed by atoms with van der Waals surface area (Å²) in [5.74, 6) is 0. The van der Waals surface area contributed by atoms with Gasteiger partial charge in [0.1, 0.15) is 0 Å². The molecule has 1 aromatic carbocycles. The van der Waals surface area contributed by atoms with Crippen LogP contribution in [0.3, 0.4) is 0 Å². The molecular weight excluding hydrogens is 372 g/mol. The minimum absolute atomic E-state index is 0.112. The summed E-state index contributed by atoms with van der Waals surface area (Å²) >= 11 is 0. The van der Waals surface area contributed by atoms with Crippen LogP contribution in [0.15, 0.2) is 64.4 Å². The Labute approximate surface area is 167 Å². The smallest absolute Gasteiger partial charge is 0.411 e. The van der Waals surface area contributed by atoms with Crippen molar-refractivity contribution in [1.29, 1.82) is 0 Å². The molecule has 29 heavy (non-hydrogen) atoms. The van der Waals surface area contributed by atoms with Crippen molar-refractivity contribution in [1.82, 2.24) is 18.6 Å². The maximum atomic E-state index is 13.1. The first-order valence-corrected chi connectivity index (χ1v) is 9.42. The molecule has 0 aliphatic carbocycles. The highest BCUT2D eigenvalue weighted by Crippen LogP contribution is 2.15. The summed E-state index contributed by atoms with van der Waals surface area (Å²) < 4.78 is 9.82. The van der Waals surface area contributed by atoms with Crippen LogP contribution in [0.1, 0.15) is 16.8 Å². The molecule has 3 aromatic rings. The van der Waals surface area contributed by atoms with Crippen LogP contribution in [-0.4, -0.2) is 31.2 Å². The van der Waals surface area contributed by atoms with Crippen LogP contribution in [0.5, 0.6) is 0 Å². The lowest BCUT2D eigenvalue weighted by atomic mass is 10.1. The molecule has 3 heterocycles. The molecular formula is C21H22N4O4. The SMILES string of the molecule is Cn1c2c(c(=O)n(Cc3ccccc3)c1=O)CN(C(=O)OCn1cccc1)CC2. The molecule has 1 amide bonds. The molecule has 8 heteroatoms. The van der Waals surface area contributed by atoms with Crippen LogP contribution in [0, 0.1) is 0 Å². The monoisotopic (exact) mass is 394 g/mol. The van der Waals surface area contributed by atoms with Gasteiger partial charge in [0.2, 0.25) is 0 Å². The fraction of sp³-hybridized carbons (Fsp3) is 0.286. The average Bonchev–Trinajstić information content (AvgIpc) is 3.27. The van der Waals surface area contributed by atoms with Gasteiger partial charge in [-0.25, -0.2) is 9.59 Å². The van der Waals surface area contributed by atoms with Gasteiger partial charge in [-0.05, 0) is 17.7 Å². The Balaban J connectivity index is 1.59. The first kappa shape index (κ1) is 18.8. The first-order valence-electron chi connectivity index (χ1n) is 9.42. The molecule has 0 unspecified atom stereocenters. The molecule has 0 saturated heterocycles. The van der Waals surface area contributed by atoms with Crippen LogP contribution in [0.4, 0.5) is 4.79 Å². The molecule has 0 atom stereocenters. The normalized spacial score (nSPS) is 13.2. The molecule has 4 rings (SSSR count). The summed E-state index contributed by atoms with van der Waals surface area (Å²) in [5.41, 5.74) is 1.31. The number of ether oxygens (including phenoxy) is 1. The van der Waals surface area contributed by atoms with Crippen molar-refractivity contribution in [2.45, 2.75) is 26.2 Å². The lowest BCUT2D eigenvalue weighted by Gasteiger charge is -2.29. The van der Waals surface area contributed by atoms with Crippen LogP contribution < -0.4 is 11.2 Å². The van der Waals surface area contributed by atoms with E-state index in [0.29, 0.717) is 24.2 Å². The standard InChI is InChI=1S/C21H22N4O4/c1-22-18-9-12-24(21(28)29-15-23-10-5-6-11-23)14-17(18)19(26)25(20(22)27)13-16-7-3-2-4-8-16/h2-8,10-11H,9,12-15H2,1H3. The van der Waals surface area contributed by atoms with E-state index in [9.17, 15) is 14.4 Å². The van der Waals surface area contributed by atoms with Gasteiger partial charge in [-0.15, -0.1) is 0 Å². The molecule has 1 aliphatic heterocycles. The van der Waals surface area contributed by atoms with Crippen molar-refractivity contribution in [2.75, 3.05) is 6.54 Å². The summed E-state index contributed by atoms with van der Waals surface area (Å²) in [4.78, 5) is 39.8. The number of hydrogen-bond acceptors (Lipinski definition) is 4. The molecule has 2 aromatic heterocycles. The Morgan fingerprint density at radius 2 is 1.79 bits per heavy atom. The molecule has 150 valence electrons. The van der Waals surface area contributed by atoms with Crippen LogP contribution in [0.2, 0.25) is 0 Å². The van der Waals surface area contributed by atoms with E-state index in [1.807, 2.05) is 42.5 Å². The number of carbonyl (C=O) groups is 1. The zero-order valence-corrected chi connectivity index (χ0v) is 16.2. The highest BCUT2D eigenvalue weighted by molar-refractivity contribution is 5.67. The van der Waals surface area contributed by atoms with Gasteiger partial charge in [-0.2, -0.15) is 0 Å². The summed E-state index contributed by atoms with van der Waals surface area (Å²) in [6.45, 7) is 0.826. The topological polar surface area (TPSA) is 78.5 Å². The average molecular weight is 394 g/mol. The fourth-order valence-electron chi connectivity index (χ4n) is 3.60. The Morgan fingerprint density at radius 1 is 1.07 bits per heavy atom. The Kier molecular flexibility index (Phi) is 5.07. The van der Waals surface area contributed by atoms with Gasteiger partial charge in [0.05, 0.1) is 18.7 Å². The lowest BCUT2D eigenvalue weighted by Crippen LogP contribution is -2.48. The maximum Gasteiger partial charge on any atom is 0.411 e. The molecule has 0 saturated carbocycles. The highest BCUT2D eigenvalue weighted by atomic mass is 16.6. The second kappa shape index (κ2) is 7.83. The maximum absolute atomic E-state index is 13.1. The van der Waals surface area contributed by atoms with Crippen molar-refractivity contribution in [3.63, 3.8) is 0 Å². The number of hydrogen-bond donors (Lipinski definition) is 0. The number of benzene rings is 1. The summed E-state index contributed by atoms with van der Waals surface area (Å²) in [5, 5.41) is 0. The van der Waals surface area contributed by atoms with E-state index < -0.39 is 6.09 Å². The molecule has 8 nitrogen and oxygen atoms in total. The number of nitrogens with zero attached hydrogens (tertiary/aromatic N) is 4. The molecule has 0 spiro atoms. The minimum atomic E-state index is -0.479. The van der Waals surface area contributed by atoms with E-state index in [2.05, 4.69) is 0 Å². The highest BCUT2D eigenvalue weighted by Gasteiger charge is 2.27. The van der Waals surface area contributed by atoms with Crippen molar-refractivity contribution in [2.24, 2.45) is 7.05 Å². The van der Waals surface area contributed by atoms with E-state index in [1.165, 1.54) is 14.0 Å². The first-order chi connectivity index (χ1) is 14.0. The van der Waals surface area contributed by atoms with Gasteiger partial charge in [0.25, 0.3) is 5.56 Å². The number of amides is 1. The van der Waals surface area contributed by atoms with E-state index >= 15 is 0 Å². The third-order valence-corrected chi connectivity index (χ3v) is 5.19. The van der Waals surface area contributed by atoms with E-state index in [0.717, 1.165) is 5.56 Å². The Hall–Kier alpha value is -3.55. The number of rotatable bonds is 4. The predicted molar refractivity (Wildman–Crippen MR) is 107 cm³/mol. The van der Waals surface area contributed by atoms with E-state index in [4.69, 9.17) is 4.74 Å². The largest absolute Gasteiger partial charge is 0.428 e. The van der Waals surface area contributed by atoms with Crippen molar-refractivity contribution in [3.8, 4) is 0 Å². The third kappa shape index (κ3) is 3.73. The van der Waals surface area contributed by atoms with Crippen molar-refractivity contribution < 1.29 is 9.53 Å². The fourth-order valence-corrected chi connectivity index (χ4v) is 3.60. The number of fused-ring (bicyclic) bond motifs is 1. The Morgan fingerprint density at radius 3 is 2.52 bits per heavy atom. The minimum Gasteiger partial charge on any atom is -0.428 e. The zero-order chi connectivity index (χ0) is 20.4. The Bertz CT molecular complexity index is 1130. The molecule has 0 N–H and O–H groups in total. The predicted octanol–water partition coefficient (Wildman–Crippen LogP) is 1.55. The van der Waals surface area contributed by atoms with E-state index in [1.54, 1.807) is 24.0 Å². The number of aromatic nitrogens is 3. The van der Waals surface area contributed by atoms with Crippen LogP contribution in [0.25, 0.3) is 0 Å². The molecule has 0 radical (unpaired) electrons. The zero-order valence-electron chi connectivity index (χ0n) is 16.2. The summed E-state index contributed by atoms with van der Waals surface area (Å²) in [6, 6.07) is 13.1. The van der Waals surface area contributed by atoms with Gasteiger partial charge in [0, 0.05) is 38.1 Å². The van der Waals surface area contributed by atoms with Gasteiger partial charge in [-0.1, -0.05) is 30.3 Å². The van der Waals surface area contributed by atoms with Crippen molar-refractivity contribution >= 4 is 6.09 Å². The van der Waals surface area contributed by atoms with Crippen LogP contribution >= 0.6 is 0 Å². The summed E-state index contributed by atoms with van der Waals surface area (Å²) in [7, 11) is 1.67.